The van der Waals surface area contributed by atoms with Gasteiger partial charge in [-0.2, -0.15) is 4.31 Å². The molecule has 6 nitrogen and oxygen atoms in total. The summed E-state index contributed by atoms with van der Waals surface area (Å²) in [6.45, 7) is 0.902. The summed E-state index contributed by atoms with van der Waals surface area (Å²) < 4.78 is 26.2. The van der Waals surface area contributed by atoms with Crippen LogP contribution in [0.3, 0.4) is 0 Å². The molecule has 0 amide bonds. The van der Waals surface area contributed by atoms with E-state index in [1.807, 2.05) is 0 Å². The van der Waals surface area contributed by atoms with E-state index in [9.17, 15) is 8.42 Å². The summed E-state index contributed by atoms with van der Waals surface area (Å²) in [6, 6.07) is 3.11. The summed E-state index contributed by atoms with van der Waals surface area (Å²) in [5.74, 6) is 0.0257. The molecular formula is C11H17N3O3S. The standard InChI is InChI=1S/C11H17N3O3S/c12-6-10-11(2-1-4-13-10)18(16,17)14-5-3-9(7-14)8-15/h1-2,4,9,15H,3,5-8,12H2. The minimum atomic E-state index is -3.54. The van der Waals surface area contributed by atoms with E-state index in [1.165, 1.54) is 16.6 Å². The van der Waals surface area contributed by atoms with Crippen LogP contribution in [0.5, 0.6) is 0 Å². The maximum atomic E-state index is 12.4. The number of hydrogen-bond donors (Lipinski definition) is 2. The second-order valence-corrected chi connectivity index (χ2v) is 6.26. The molecule has 0 aliphatic carbocycles. The molecule has 0 saturated carbocycles. The molecule has 100 valence electrons. The molecule has 1 atom stereocenters. The first-order chi connectivity index (χ1) is 8.59. The number of aliphatic hydroxyl groups is 1. The number of pyridine rings is 1. The van der Waals surface area contributed by atoms with E-state index in [4.69, 9.17) is 10.8 Å². The first-order valence-corrected chi connectivity index (χ1v) is 7.28. The van der Waals surface area contributed by atoms with E-state index in [0.717, 1.165) is 0 Å². The molecule has 3 N–H and O–H groups in total. The van der Waals surface area contributed by atoms with Crippen LogP contribution in [0.4, 0.5) is 0 Å². The molecule has 1 fully saturated rings. The topological polar surface area (TPSA) is 96.5 Å². The van der Waals surface area contributed by atoms with Crippen molar-refractivity contribution < 1.29 is 13.5 Å². The van der Waals surface area contributed by atoms with Gasteiger partial charge in [-0.1, -0.05) is 0 Å². The maximum absolute atomic E-state index is 12.4. The molecule has 0 spiro atoms. The van der Waals surface area contributed by atoms with E-state index >= 15 is 0 Å². The van der Waals surface area contributed by atoms with Crippen LogP contribution in [0.25, 0.3) is 0 Å². The van der Waals surface area contributed by atoms with Gasteiger partial charge in [-0.3, -0.25) is 4.98 Å². The average molecular weight is 271 g/mol. The van der Waals surface area contributed by atoms with E-state index in [0.29, 0.717) is 25.2 Å². The number of aromatic nitrogens is 1. The molecule has 0 aromatic carbocycles. The summed E-state index contributed by atoms with van der Waals surface area (Å²) in [6.07, 6.45) is 2.22. The van der Waals surface area contributed by atoms with Gasteiger partial charge in [-0.05, 0) is 24.5 Å². The van der Waals surface area contributed by atoms with Crippen molar-refractivity contribution in [3.63, 3.8) is 0 Å². The van der Waals surface area contributed by atoms with Crippen LogP contribution in [-0.2, 0) is 16.6 Å². The lowest BCUT2D eigenvalue weighted by Crippen LogP contribution is -2.30. The van der Waals surface area contributed by atoms with Gasteiger partial charge in [-0.25, -0.2) is 8.42 Å². The van der Waals surface area contributed by atoms with Crippen molar-refractivity contribution >= 4 is 10.0 Å². The largest absolute Gasteiger partial charge is 0.396 e. The molecule has 18 heavy (non-hydrogen) atoms. The van der Waals surface area contributed by atoms with Crippen molar-refractivity contribution in [1.29, 1.82) is 0 Å². The lowest BCUT2D eigenvalue weighted by molar-refractivity contribution is 0.233. The van der Waals surface area contributed by atoms with Gasteiger partial charge in [0.25, 0.3) is 0 Å². The normalized spacial score (nSPS) is 21.3. The number of nitrogens with zero attached hydrogens (tertiary/aromatic N) is 2. The third-order valence-electron chi connectivity index (χ3n) is 3.17. The van der Waals surface area contributed by atoms with Crippen LogP contribution in [0.15, 0.2) is 23.2 Å². The fourth-order valence-electron chi connectivity index (χ4n) is 2.11. The van der Waals surface area contributed by atoms with Crippen molar-refractivity contribution in [3.8, 4) is 0 Å². The van der Waals surface area contributed by atoms with Gasteiger partial charge in [0.2, 0.25) is 10.0 Å². The molecule has 1 aromatic rings. The first-order valence-electron chi connectivity index (χ1n) is 5.84. The summed E-state index contributed by atoms with van der Waals surface area (Å²) in [4.78, 5) is 4.17. The molecule has 0 bridgehead atoms. The van der Waals surface area contributed by atoms with E-state index in [-0.39, 0.29) is 24.0 Å². The lowest BCUT2D eigenvalue weighted by atomic mass is 10.1. The Kier molecular flexibility index (Phi) is 3.96. The Balaban J connectivity index is 2.31. The lowest BCUT2D eigenvalue weighted by Gasteiger charge is -2.17. The Hall–Kier alpha value is -1.02. The molecule has 2 heterocycles. The molecule has 7 heteroatoms. The maximum Gasteiger partial charge on any atom is 0.244 e. The molecule has 1 aliphatic heterocycles. The fraction of sp³-hybridized carbons (Fsp3) is 0.545. The van der Waals surface area contributed by atoms with Crippen molar-refractivity contribution in [3.05, 3.63) is 24.0 Å². The second kappa shape index (κ2) is 5.31. The fourth-order valence-corrected chi connectivity index (χ4v) is 3.83. The van der Waals surface area contributed by atoms with E-state index in [2.05, 4.69) is 4.98 Å². The van der Waals surface area contributed by atoms with Crippen molar-refractivity contribution in [2.24, 2.45) is 11.7 Å². The summed E-state index contributed by atoms with van der Waals surface area (Å²) in [7, 11) is -3.54. The summed E-state index contributed by atoms with van der Waals surface area (Å²) in [5.41, 5.74) is 5.89. The van der Waals surface area contributed by atoms with Crippen LogP contribution < -0.4 is 5.73 Å². The SMILES string of the molecule is NCc1ncccc1S(=O)(=O)N1CCC(CO)C1. The van der Waals surface area contributed by atoms with Crippen LogP contribution >= 0.6 is 0 Å². The predicted molar refractivity (Wildman–Crippen MR) is 66.1 cm³/mol. The second-order valence-electron chi connectivity index (χ2n) is 4.35. The highest BCUT2D eigenvalue weighted by molar-refractivity contribution is 7.89. The molecule has 1 unspecified atom stereocenters. The minimum absolute atomic E-state index is 0.0167. The zero-order valence-corrected chi connectivity index (χ0v) is 10.8. The van der Waals surface area contributed by atoms with Crippen LogP contribution in [0.2, 0.25) is 0 Å². The van der Waals surface area contributed by atoms with Crippen molar-refractivity contribution in [1.82, 2.24) is 9.29 Å². The molecule has 1 aliphatic rings. The number of rotatable bonds is 4. The van der Waals surface area contributed by atoms with Gasteiger partial charge >= 0.3 is 0 Å². The molecular weight excluding hydrogens is 254 g/mol. The summed E-state index contributed by atoms with van der Waals surface area (Å²) >= 11 is 0. The third kappa shape index (κ3) is 2.39. The Morgan fingerprint density at radius 1 is 1.56 bits per heavy atom. The Labute approximate surface area is 106 Å². The van der Waals surface area contributed by atoms with Crippen LogP contribution in [0, 0.1) is 5.92 Å². The van der Waals surface area contributed by atoms with Gasteiger partial charge in [0.1, 0.15) is 4.90 Å². The number of sulfonamides is 1. The zero-order chi connectivity index (χ0) is 13.2. The zero-order valence-electron chi connectivity index (χ0n) is 9.99. The van der Waals surface area contributed by atoms with Gasteiger partial charge in [-0.15, -0.1) is 0 Å². The van der Waals surface area contributed by atoms with Gasteiger partial charge in [0, 0.05) is 32.4 Å². The average Bonchev–Trinajstić information content (AvgIpc) is 2.88. The number of nitrogens with two attached hydrogens (primary N) is 1. The molecule has 1 saturated heterocycles. The highest BCUT2D eigenvalue weighted by Crippen LogP contribution is 2.25. The summed E-state index contributed by atoms with van der Waals surface area (Å²) in [5, 5.41) is 9.07. The Morgan fingerprint density at radius 2 is 2.33 bits per heavy atom. The van der Waals surface area contributed by atoms with E-state index in [1.54, 1.807) is 6.07 Å². The number of hydrogen-bond acceptors (Lipinski definition) is 5. The minimum Gasteiger partial charge on any atom is -0.396 e. The van der Waals surface area contributed by atoms with Crippen LogP contribution in [0.1, 0.15) is 12.1 Å². The highest BCUT2D eigenvalue weighted by Gasteiger charge is 2.33. The smallest absolute Gasteiger partial charge is 0.244 e. The first kappa shape index (κ1) is 13.4. The van der Waals surface area contributed by atoms with Gasteiger partial charge in [0.15, 0.2) is 0 Å². The quantitative estimate of drug-likeness (QED) is 0.772. The third-order valence-corrected chi connectivity index (χ3v) is 5.11. The molecule has 2 rings (SSSR count). The van der Waals surface area contributed by atoms with Gasteiger partial charge in [0.05, 0.1) is 5.69 Å². The molecule has 0 radical (unpaired) electrons. The van der Waals surface area contributed by atoms with Crippen LogP contribution in [-0.4, -0.2) is 42.5 Å². The van der Waals surface area contributed by atoms with Crippen molar-refractivity contribution in [2.75, 3.05) is 19.7 Å². The predicted octanol–water partition coefficient (Wildman–Crippen LogP) is -0.457. The van der Waals surface area contributed by atoms with Gasteiger partial charge < -0.3 is 10.8 Å². The van der Waals surface area contributed by atoms with E-state index < -0.39 is 10.0 Å². The highest BCUT2D eigenvalue weighted by atomic mass is 32.2. The Bertz CT molecular complexity index is 518. The van der Waals surface area contributed by atoms with Crippen molar-refractivity contribution in [2.45, 2.75) is 17.9 Å². The Morgan fingerprint density at radius 3 is 2.94 bits per heavy atom. The number of aliphatic hydroxyl groups excluding tert-OH is 1. The molecule has 1 aromatic heterocycles. The monoisotopic (exact) mass is 271 g/mol.